The molecule has 1 heterocycles. The van der Waals surface area contributed by atoms with Crippen LogP contribution in [-0.4, -0.2) is 20.5 Å². The lowest BCUT2D eigenvalue weighted by molar-refractivity contribution is -0.384. The van der Waals surface area contributed by atoms with Gasteiger partial charge in [0.2, 0.25) is 5.91 Å². The molecule has 8 heteroatoms. The van der Waals surface area contributed by atoms with E-state index >= 15 is 0 Å². The number of nitrogens with zero attached hydrogens (tertiary/aromatic N) is 3. The zero-order chi connectivity index (χ0) is 21.1. The van der Waals surface area contributed by atoms with Crippen molar-refractivity contribution >= 4 is 22.5 Å². The third kappa shape index (κ3) is 3.79. The highest BCUT2D eigenvalue weighted by Gasteiger charge is 2.17. The number of amides is 1. The van der Waals surface area contributed by atoms with Gasteiger partial charge < -0.3 is 0 Å². The fraction of sp³-hybridized carbons (Fsp3) is 0.0455. The summed E-state index contributed by atoms with van der Waals surface area (Å²) < 4.78 is 1.05. The molecule has 0 bridgehead atoms. The van der Waals surface area contributed by atoms with Crippen LogP contribution in [0.1, 0.15) is 5.56 Å². The second-order valence-corrected chi connectivity index (χ2v) is 6.60. The molecule has 0 aliphatic carbocycles. The predicted octanol–water partition coefficient (Wildman–Crippen LogP) is 3.28. The van der Waals surface area contributed by atoms with Crippen LogP contribution in [0.3, 0.4) is 0 Å². The summed E-state index contributed by atoms with van der Waals surface area (Å²) in [6.07, 6.45) is 0.0640. The number of para-hydroxylation sites is 1. The minimum Gasteiger partial charge on any atom is -0.273 e. The van der Waals surface area contributed by atoms with Crippen molar-refractivity contribution < 1.29 is 9.72 Å². The summed E-state index contributed by atoms with van der Waals surface area (Å²) in [6, 6.07) is 21.6. The van der Waals surface area contributed by atoms with Gasteiger partial charge in [-0.1, -0.05) is 54.6 Å². The first-order chi connectivity index (χ1) is 14.5. The molecule has 0 unspecified atom stereocenters. The maximum absolute atomic E-state index is 13.1. The Morgan fingerprint density at radius 3 is 2.50 bits per heavy atom. The molecule has 0 aliphatic rings. The van der Waals surface area contributed by atoms with Crippen LogP contribution in [0.4, 0.5) is 5.69 Å². The van der Waals surface area contributed by atoms with Crippen LogP contribution >= 0.6 is 0 Å². The van der Waals surface area contributed by atoms with Crippen LogP contribution in [0.2, 0.25) is 0 Å². The van der Waals surface area contributed by atoms with E-state index in [2.05, 4.69) is 10.4 Å². The molecule has 0 spiro atoms. The third-order valence-electron chi connectivity index (χ3n) is 4.53. The Labute approximate surface area is 170 Å². The summed E-state index contributed by atoms with van der Waals surface area (Å²) in [5.74, 6) is -0.295. The number of nitrogens with one attached hydrogen (secondary N) is 1. The van der Waals surface area contributed by atoms with Crippen LogP contribution in [0.15, 0.2) is 83.7 Å². The average molecular weight is 400 g/mol. The maximum Gasteiger partial charge on any atom is 0.280 e. The highest BCUT2D eigenvalue weighted by atomic mass is 16.6. The number of fused-ring (bicyclic) bond motifs is 1. The van der Waals surface area contributed by atoms with E-state index in [4.69, 9.17) is 0 Å². The Hall–Kier alpha value is -4.33. The van der Waals surface area contributed by atoms with E-state index in [1.54, 1.807) is 30.3 Å². The molecular weight excluding hydrogens is 384 g/mol. The van der Waals surface area contributed by atoms with Gasteiger partial charge in [0.15, 0.2) is 5.82 Å². The first kappa shape index (κ1) is 19.0. The van der Waals surface area contributed by atoms with Gasteiger partial charge in [-0.2, -0.15) is 4.68 Å². The molecule has 8 nitrogen and oxygen atoms in total. The number of benzene rings is 3. The summed E-state index contributed by atoms with van der Waals surface area (Å²) in [6.45, 7) is 0. The first-order valence-corrected chi connectivity index (χ1v) is 9.13. The zero-order valence-corrected chi connectivity index (χ0v) is 15.7. The number of hydrogen-bond donors (Lipinski definition) is 1. The number of aromatic nitrogens is 2. The van der Waals surface area contributed by atoms with E-state index in [-0.39, 0.29) is 17.9 Å². The topological polar surface area (TPSA) is 107 Å². The smallest absolute Gasteiger partial charge is 0.273 e. The quantitative estimate of drug-likeness (QED) is 0.409. The van der Waals surface area contributed by atoms with Crippen molar-refractivity contribution in [1.29, 1.82) is 0 Å². The highest BCUT2D eigenvalue weighted by molar-refractivity contribution is 5.87. The molecule has 3 aromatic carbocycles. The fourth-order valence-corrected chi connectivity index (χ4v) is 3.13. The van der Waals surface area contributed by atoms with E-state index < -0.39 is 16.4 Å². The Kier molecular flexibility index (Phi) is 5.04. The lowest BCUT2D eigenvalue weighted by Crippen LogP contribution is -2.35. The standard InChI is InChI=1S/C22H16N4O4/c27-20(13-15-7-2-1-3-8-15)24-25-21(16-9-6-10-17(14-16)26(29)30)23-19-12-5-4-11-18(19)22(25)28/h1-12,14H,13H2,(H,24,27). The van der Waals surface area contributed by atoms with Gasteiger partial charge in [0.1, 0.15) is 0 Å². The van der Waals surface area contributed by atoms with Crippen LogP contribution in [0.25, 0.3) is 22.3 Å². The summed E-state index contributed by atoms with van der Waals surface area (Å²) in [7, 11) is 0. The van der Waals surface area contributed by atoms with Crippen molar-refractivity contribution in [3.63, 3.8) is 0 Å². The number of carbonyl (C=O) groups excluding carboxylic acids is 1. The van der Waals surface area contributed by atoms with Gasteiger partial charge in [0, 0.05) is 17.7 Å². The normalized spacial score (nSPS) is 10.7. The molecule has 0 radical (unpaired) electrons. The number of nitro benzene ring substituents is 1. The summed E-state index contributed by atoms with van der Waals surface area (Å²) >= 11 is 0. The van der Waals surface area contributed by atoms with Crippen LogP contribution in [0, 0.1) is 10.1 Å². The number of carbonyl (C=O) groups is 1. The number of nitro groups is 1. The lowest BCUT2D eigenvalue weighted by atomic mass is 10.1. The second-order valence-electron chi connectivity index (χ2n) is 6.60. The molecule has 4 aromatic rings. The molecule has 4 rings (SSSR count). The van der Waals surface area contributed by atoms with Gasteiger partial charge in [-0.05, 0) is 17.7 Å². The van der Waals surface area contributed by atoms with E-state index in [9.17, 15) is 19.7 Å². The molecule has 0 atom stereocenters. The van der Waals surface area contributed by atoms with Crippen molar-refractivity contribution in [3.05, 3.63) is 105 Å². The third-order valence-corrected chi connectivity index (χ3v) is 4.53. The van der Waals surface area contributed by atoms with Gasteiger partial charge in [0.05, 0.1) is 22.2 Å². The molecule has 0 fully saturated rings. The Morgan fingerprint density at radius 2 is 1.73 bits per heavy atom. The monoisotopic (exact) mass is 400 g/mol. The Bertz CT molecular complexity index is 1320. The number of hydrogen-bond acceptors (Lipinski definition) is 5. The molecule has 148 valence electrons. The Morgan fingerprint density at radius 1 is 1.00 bits per heavy atom. The molecule has 0 saturated carbocycles. The van der Waals surface area contributed by atoms with Crippen LogP contribution in [0.5, 0.6) is 0 Å². The molecule has 0 saturated heterocycles. The predicted molar refractivity (Wildman–Crippen MR) is 113 cm³/mol. The van der Waals surface area contributed by atoms with Gasteiger partial charge in [0.25, 0.3) is 11.2 Å². The van der Waals surface area contributed by atoms with Gasteiger partial charge in [-0.15, -0.1) is 0 Å². The van der Waals surface area contributed by atoms with Gasteiger partial charge in [-0.3, -0.25) is 25.1 Å². The minimum absolute atomic E-state index is 0.0640. The van der Waals surface area contributed by atoms with Crippen molar-refractivity contribution in [3.8, 4) is 11.4 Å². The van der Waals surface area contributed by atoms with Gasteiger partial charge in [-0.25, -0.2) is 4.98 Å². The average Bonchev–Trinajstić information content (AvgIpc) is 2.76. The van der Waals surface area contributed by atoms with Crippen LogP contribution < -0.4 is 11.0 Å². The van der Waals surface area contributed by atoms with E-state index in [1.165, 1.54) is 18.2 Å². The largest absolute Gasteiger partial charge is 0.280 e. The maximum atomic E-state index is 13.1. The zero-order valence-electron chi connectivity index (χ0n) is 15.7. The second kappa shape index (κ2) is 7.96. The Balaban J connectivity index is 1.82. The summed E-state index contributed by atoms with van der Waals surface area (Å²) in [5, 5.41) is 11.5. The fourth-order valence-electron chi connectivity index (χ4n) is 3.13. The molecular formula is C22H16N4O4. The van der Waals surface area contributed by atoms with Gasteiger partial charge >= 0.3 is 0 Å². The van der Waals surface area contributed by atoms with E-state index in [1.807, 2.05) is 30.3 Å². The summed E-state index contributed by atoms with van der Waals surface area (Å²) in [4.78, 5) is 40.9. The highest BCUT2D eigenvalue weighted by Crippen LogP contribution is 2.22. The van der Waals surface area contributed by atoms with E-state index in [0.29, 0.717) is 16.5 Å². The molecule has 30 heavy (non-hydrogen) atoms. The van der Waals surface area contributed by atoms with Crippen molar-refractivity contribution in [2.45, 2.75) is 6.42 Å². The van der Waals surface area contributed by atoms with E-state index in [0.717, 1.165) is 10.2 Å². The minimum atomic E-state index is -0.527. The van der Waals surface area contributed by atoms with Crippen LogP contribution in [-0.2, 0) is 11.2 Å². The summed E-state index contributed by atoms with van der Waals surface area (Å²) in [5.41, 5.74) is 3.54. The molecule has 1 amide bonds. The SMILES string of the molecule is O=C(Cc1ccccc1)Nn1c(-c2cccc([N+](=O)[O-])c2)nc2ccccc2c1=O. The van der Waals surface area contributed by atoms with Crippen molar-refractivity contribution in [1.82, 2.24) is 9.66 Å². The lowest BCUT2D eigenvalue weighted by Gasteiger charge is -2.14. The number of non-ortho nitro benzene ring substituents is 1. The molecule has 1 N–H and O–H groups in total. The van der Waals surface area contributed by atoms with Crippen molar-refractivity contribution in [2.24, 2.45) is 0 Å². The number of rotatable bonds is 5. The first-order valence-electron chi connectivity index (χ1n) is 9.13. The molecule has 1 aromatic heterocycles. The van der Waals surface area contributed by atoms with Crippen molar-refractivity contribution in [2.75, 3.05) is 5.43 Å². The molecule has 0 aliphatic heterocycles.